The Morgan fingerprint density at radius 1 is 1.39 bits per heavy atom. The first-order valence-electron chi connectivity index (χ1n) is 8.84. The number of hydrogen-bond acceptors (Lipinski definition) is 11. The molecule has 4 heterocycles. The van der Waals surface area contributed by atoms with E-state index in [1.807, 2.05) is 0 Å². The molecule has 0 spiro atoms. The van der Waals surface area contributed by atoms with E-state index in [1.54, 1.807) is 0 Å². The fraction of sp³-hybridized carbons (Fsp3) is 0.312. The van der Waals surface area contributed by atoms with Gasteiger partial charge in [0.1, 0.15) is 17.1 Å². The lowest BCUT2D eigenvalue weighted by molar-refractivity contribution is -0.150. The van der Waals surface area contributed by atoms with E-state index in [9.17, 15) is 24.3 Å². The van der Waals surface area contributed by atoms with Crippen LogP contribution in [0.25, 0.3) is 0 Å². The zero-order valence-electron chi connectivity index (χ0n) is 15.6. The van der Waals surface area contributed by atoms with Crippen LogP contribution in [0.5, 0.6) is 0 Å². The highest BCUT2D eigenvalue weighted by molar-refractivity contribution is 8.00. The minimum Gasteiger partial charge on any atom is -0.477 e. The largest absolute Gasteiger partial charge is 0.477 e. The lowest BCUT2D eigenvalue weighted by atomic mass is 10.0. The van der Waals surface area contributed by atoms with Crippen LogP contribution in [0.1, 0.15) is 12.2 Å². The summed E-state index contributed by atoms with van der Waals surface area (Å²) in [5.74, 6) is -3.10. The molecule has 1 aromatic rings. The first-order valence-corrected chi connectivity index (χ1v) is 10.7. The minimum atomic E-state index is -1.31. The number of carbonyl (C=O) groups excluding carboxylic acids is 3. The summed E-state index contributed by atoms with van der Waals surface area (Å²) in [7, 11) is 0. The van der Waals surface area contributed by atoms with E-state index < -0.39 is 34.9 Å². The van der Waals surface area contributed by atoms with Crippen LogP contribution >= 0.6 is 23.3 Å². The Bertz CT molecular complexity index is 1090. The van der Waals surface area contributed by atoms with E-state index in [-0.39, 0.29) is 28.3 Å². The van der Waals surface area contributed by atoms with Gasteiger partial charge >= 0.3 is 5.97 Å². The van der Waals surface area contributed by atoms with E-state index in [0.29, 0.717) is 24.1 Å². The number of oxime groups is 1. The number of hydrogen-bond donors (Lipinski definition) is 5. The molecule has 15 heteroatoms. The van der Waals surface area contributed by atoms with Crippen molar-refractivity contribution < 1.29 is 29.5 Å². The quantitative estimate of drug-likeness (QED) is 0.112. The predicted octanol–water partition coefficient (Wildman–Crippen LogP) is -1.52. The number of aliphatic carboxylic acids is 1. The molecule has 31 heavy (non-hydrogen) atoms. The van der Waals surface area contributed by atoms with Gasteiger partial charge in [-0.1, -0.05) is 5.16 Å². The Kier molecular flexibility index (Phi) is 5.36. The summed E-state index contributed by atoms with van der Waals surface area (Å²) in [6.07, 6.45) is 1.97. The average molecular weight is 465 g/mol. The normalized spacial score (nSPS) is 24.7. The molecule has 3 aliphatic heterocycles. The van der Waals surface area contributed by atoms with Gasteiger partial charge in [0.05, 0.1) is 0 Å². The van der Waals surface area contributed by atoms with Crippen molar-refractivity contribution >= 4 is 57.8 Å². The van der Waals surface area contributed by atoms with E-state index in [1.165, 1.54) is 17.8 Å². The summed E-state index contributed by atoms with van der Waals surface area (Å²) in [6, 6.07) is -1.04. The standard InChI is InChI=1S/C16H15N7O6S2/c17-16-20-10(22-31-16)7(21-29)12(25)19-8-13(26)23-9(15(27)28)6(4-30-14(8)23)3-5-1-2-18-11(5)24/h3,8,14,29H,1-2,4H2,(H,18,24)(H,19,25)(H,27,28)(H2,17,20,22)/b5-3+,21-7+/t8-,14?/m1/s1. The van der Waals surface area contributed by atoms with Crippen molar-refractivity contribution in [3.63, 3.8) is 0 Å². The van der Waals surface area contributed by atoms with Crippen LogP contribution in [-0.4, -0.2) is 77.7 Å². The Hall–Kier alpha value is -3.46. The number of carboxylic acid groups (broad SMARTS) is 1. The fourth-order valence-electron chi connectivity index (χ4n) is 3.37. The third kappa shape index (κ3) is 3.61. The molecule has 2 saturated heterocycles. The Morgan fingerprint density at radius 3 is 2.74 bits per heavy atom. The number of aromatic nitrogens is 2. The number of anilines is 1. The summed E-state index contributed by atoms with van der Waals surface area (Å²) in [5.41, 5.74) is 5.51. The molecule has 0 aliphatic carbocycles. The van der Waals surface area contributed by atoms with Gasteiger partial charge in [-0.15, -0.1) is 11.8 Å². The maximum Gasteiger partial charge on any atom is 0.352 e. The number of amides is 3. The molecule has 0 aromatic carbocycles. The number of carbonyl (C=O) groups is 4. The van der Waals surface area contributed by atoms with Crippen molar-refractivity contribution in [2.75, 3.05) is 18.0 Å². The molecule has 162 valence electrons. The topological polar surface area (TPSA) is 200 Å². The molecule has 4 rings (SSSR count). The number of nitrogens with one attached hydrogen (secondary N) is 2. The molecule has 3 aliphatic rings. The number of rotatable bonds is 5. The highest BCUT2D eigenvalue weighted by atomic mass is 32.2. The van der Waals surface area contributed by atoms with Crippen LogP contribution in [0.15, 0.2) is 28.1 Å². The summed E-state index contributed by atoms with van der Waals surface area (Å²) >= 11 is 2.04. The molecule has 0 saturated carbocycles. The second-order valence-electron chi connectivity index (χ2n) is 6.62. The summed E-state index contributed by atoms with van der Waals surface area (Å²) < 4.78 is 3.79. The van der Waals surface area contributed by atoms with Gasteiger partial charge in [0, 0.05) is 29.4 Å². The van der Waals surface area contributed by atoms with Crippen LogP contribution < -0.4 is 16.4 Å². The molecule has 2 atom stereocenters. The van der Waals surface area contributed by atoms with Crippen LogP contribution in [0.3, 0.4) is 0 Å². The van der Waals surface area contributed by atoms with E-state index in [0.717, 1.165) is 16.4 Å². The Morgan fingerprint density at radius 2 is 2.16 bits per heavy atom. The van der Waals surface area contributed by atoms with Gasteiger partial charge in [-0.2, -0.15) is 9.36 Å². The van der Waals surface area contributed by atoms with Crippen LogP contribution in [0.2, 0.25) is 0 Å². The number of fused-ring (bicyclic) bond motifs is 1. The number of thioether (sulfide) groups is 1. The third-order valence-corrected chi connectivity index (χ3v) is 6.62. The molecule has 2 fully saturated rings. The van der Waals surface area contributed by atoms with Gasteiger partial charge < -0.3 is 26.7 Å². The number of allylic oxidation sites excluding steroid dienone is 1. The predicted molar refractivity (Wildman–Crippen MR) is 108 cm³/mol. The van der Waals surface area contributed by atoms with Crippen molar-refractivity contribution in [2.45, 2.75) is 17.8 Å². The molecule has 0 bridgehead atoms. The lowest BCUT2D eigenvalue weighted by Gasteiger charge is -2.49. The number of carboxylic acids is 1. The monoisotopic (exact) mass is 465 g/mol. The summed E-state index contributed by atoms with van der Waals surface area (Å²) in [6.45, 7) is 0.473. The molecule has 3 amide bonds. The smallest absolute Gasteiger partial charge is 0.352 e. The molecular weight excluding hydrogens is 450 g/mol. The Labute approximate surface area is 182 Å². The molecule has 1 aromatic heterocycles. The van der Waals surface area contributed by atoms with Crippen LogP contribution in [-0.2, 0) is 19.2 Å². The summed E-state index contributed by atoms with van der Waals surface area (Å²) in [5, 5.41) is 26.2. The third-order valence-electron chi connectivity index (χ3n) is 4.78. The number of β-lactam (4-membered cyclic amide) rings is 1. The highest BCUT2D eigenvalue weighted by Crippen LogP contribution is 2.41. The van der Waals surface area contributed by atoms with Crippen LogP contribution in [0, 0.1) is 0 Å². The van der Waals surface area contributed by atoms with Crippen molar-refractivity contribution in [1.29, 1.82) is 0 Å². The van der Waals surface area contributed by atoms with Crippen molar-refractivity contribution in [3.8, 4) is 0 Å². The zero-order chi connectivity index (χ0) is 22.3. The lowest BCUT2D eigenvalue weighted by Crippen LogP contribution is -2.71. The average Bonchev–Trinajstić information content (AvgIpc) is 3.34. The number of nitrogens with two attached hydrogens (primary N) is 1. The molecule has 13 nitrogen and oxygen atoms in total. The molecule has 0 radical (unpaired) electrons. The van der Waals surface area contributed by atoms with Crippen molar-refractivity contribution in [3.05, 3.63) is 28.7 Å². The SMILES string of the molecule is Nc1nc(/C(=N\O)C(=O)N[C@@H]2C(=O)N3C(C(=O)O)=C(/C=C4\CCNC4=O)CSC23)ns1. The minimum absolute atomic E-state index is 0.0616. The zero-order valence-corrected chi connectivity index (χ0v) is 17.2. The summed E-state index contributed by atoms with van der Waals surface area (Å²) in [4.78, 5) is 53.7. The number of nitrogen functional groups attached to an aromatic ring is 1. The maximum atomic E-state index is 12.7. The van der Waals surface area contributed by atoms with E-state index in [2.05, 4.69) is 25.1 Å². The maximum absolute atomic E-state index is 12.7. The van der Waals surface area contributed by atoms with Gasteiger partial charge in [-0.3, -0.25) is 19.3 Å². The molecular formula is C16H15N7O6S2. The Balaban J connectivity index is 1.54. The fourth-order valence-corrected chi connectivity index (χ4v) is 5.11. The van der Waals surface area contributed by atoms with E-state index in [4.69, 9.17) is 10.9 Å². The number of nitrogens with zero attached hydrogens (tertiary/aromatic N) is 4. The van der Waals surface area contributed by atoms with Gasteiger partial charge in [0.2, 0.25) is 17.4 Å². The van der Waals surface area contributed by atoms with Gasteiger partial charge in [0.25, 0.3) is 11.8 Å². The van der Waals surface area contributed by atoms with E-state index >= 15 is 0 Å². The second-order valence-corrected chi connectivity index (χ2v) is 8.51. The first-order chi connectivity index (χ1) is 14.8. The van der Waals surface area contributed by atoms with Crippen molar-refractivity contribution in [1.82, 2.24) is 24.9 Å². The molecule has 6 N–H and O–H groups in total. The van der Waals surface area contributed by atoms with Gasteiger partial charge in [-0.25, -0.2) is 4.79 Å². The molecule has 1 unspecified atom stereocenters. The first kappa shape index (κ1) is 20.8. The highest BCUT2D eigenvalue weighted by Gasteiger charge is 2.54. The van der Waals surface area contributed by atoms with Gasteiger partial charge in [0.15, 0.2) is 5.13 Å². The van der Waals surface area contributed by atoms with Crippen LogP contribution in [0.4, 0.5) is 5.13 Å². The van der Waals surface area contributed by atoms with Crippen molar-refractivity contribution in [2.24, 2.45) is 5.16 Å². The second kappa shape index (κ2) is 7.99. The van der Waals surface area contributed by atoms with Gasteiger partial charge in [-0.05, 0) is 18.1 Å².